The molecule has 0 aromatic carbocycles. The van der Waals surface area contributed by atoms with Crippen LogP contribution in [0.1, 0.15) is 32.1 Å². The van der Waals surface area contributed by atoms with Crippen molar-refractivity contribution in [1.82, 2.24) is 0 Å². The summed E-state index contributed by atoms with van der Waals surface area (Å²) in [7, 11) is 0. The number of hydrogen-bond donors (Lipinski definition) is 1. The van der Waals surface area contributed by atoms with Crippen LogP contribution in [0.15, 0.2) is 0 Å². The summed E-state index contributed by atoms with van der Waals surface area (Å²) in [5.41, 5.74) is -2.53. The van der Waals surface area contributed by atoms with Gasteiger partial charge in [0.1, 0.15) is 0 Å². The highest BCUT2D eigenvalue weighted by atomic mass is 19.4. The number of halogens is 3. The molecule has 2 aliphatic rings. The van der Waals surface area contributed by atoms with Crippen LogP contribution in [0.5, 0.6) is 0 Å². The van der Waals surface area contributed by atoms with E-state index in [0.717, 1.165) is 0 Å². The van der Waals surface area contributed by atoms with Gasteiger partial charge in [0, 0.05) is 0 Å². The smallest absolute Gasteiger partial charge is 0.390 e. The van der Waals surface area contributed by atoms with Crippen molar-refractivity contribution in [3.63, 3.8) is 0 Å². The maximum absolute atomic E-state index is 12.5. The highest BCUT2D eigenvalue weighted by Gasteiger charge is 2.65. The Morgan fingerprint density at radius 2 is 1.50 bits per heavy atom. The molecule has 0 aliphatic heterocycles. The van der Waals surface area contributed by atoms with Gasteiger partial charge in [-0.2, -0.15) is 13.2 Å². The van der Waals surface area contributed by atoms with Crippen molar-refractivity contribution in [3.05, 3.63) is 0 Å². The minimum atomic E-state index is -4.12. The Hall–Kier alpha value is -0.250. The number of aliphatic hydroxyl groups is 1. The number of hydrogen-bond acceptors (Lipinski definition) is 1. The average molecular weight is 180 g/mol. The number of rotatable bonds is 0. The van der Waals surface area contributed by atoms with Gasteiger partial charge in [-0.05, 0) is 32.1 Å². The number of fused-ring (bicyclic) bond motifs is 2. The Labute approximate surface area is 68.6 Å². The maximum Gasteiger partial charge on any atom is 0.394 e. The van der Waals surface area contributed by atoms with Crippen molar-refractivity contribution in [2.24, 2.45) is 5.41 Å². The summed E-state index contributed by atoms with van der Waals surface area (Å²) in [5.74, 6) is 0. The molecule has 0 aromatic rings. The van der Waals surface area contributed by atoms with Gasteiger partial charge in [-0.15, -0.1) is 0 Å². The average Bonchev–Trinajstić information content (AvgIpc) is 2.40. The molecular weight excluding hydrogens is 169 g/mol. The summed E-state index contributed by atoms with van der Waals surface area (Å²) >= 11 is 0. The SMILES string of the molecule is OC12CCC(C(F)(F)F)(CC1)C2. The monoisotopic (exact) mass is 180 g/mol. The van der Waals surface area contributed by atoms with E-state index in [1.807, 2.05) is 0 Å². The fraction of sp³-hybridized carbons (Fsp3) is 1.00. The molecule has 2 fully saturated rings. The highest BCUT2D eigenvalue weighted by Crippen LogP contribution is 2.63. The molecule has 2 aliphatic carbocycles. The second kappa shape index (κ2) is 1.97. The molecule has 0 unspecified atom stereocenters. The Morgan fingerprint density at radius 3 is 1.67 bits per heavy atom. The van der Waals surface area contributed by atoms with E-state index in [9.17, 15) is 18.3 Å². The molecule has 0 spiro atoms. The minimum Gasteiger partial charge on any atom is -0.390 e. The van der Waals surface area contributed by atoms with E-state index in [4.69, 9.17) is 0 Å². The van der Waals surface area contributed by atoms with Crippen molar-refractivity contribution < 1.29 is 18.3 Å². The molecule has 2 rings (SSSR count). The van der Waals surface area contributed by atoms with Gasteiger partial charge in [-0.1, -0.05) is 0 Å². The molecule has 0 atom stereocenters. The first-order valence-corrected chi connectivity index (χ1v) is 4.16. The fourth-order valence-corrected chi connectivity index (χ4v) is 2.56. The summed E-state index contributed by atoms with van der Waals surface area (Å²) in [6.07, 6.45) is -3.30. The predicted octanol–water partition coefficient (Wildman–Crippen LogP) is 2.24. The van der Waals surface area contributed by atoms with Gasteiger partial charge >= 0.3 is 6.18 Å². The van der Waals surface area contributed by atoms with Crippen LogP contribution in [-0.2, 0) is 0 Å². The summed E-state index contributed by atoms with van der Waals surface area (Å²) in [4.78, 5) is 0. The molecule has 0 aromatic heterocycles. The first-order valence-electron chi connectivity index (χ1n) is 4.16. The standard InChI is InChI=1S/C8H11F3O/c9-8(10,11)6-1-3-7(12,5-6)4-2-6/h12H,1-5H2. The summed E-state index contributed by atoms with van der Waals surface area (Å²) in [6, 6.07) is 0. The fourth-order valence-electron chi connectivity index (χ4n) is 2.56. The summed E-state index contributed by atoms with van der Waals surface area (Å²) in [5, 5.41) is 9.57. The van der Waals surface area contributed by atoms with Gasteiger partial charge in [-0.25, -0.2) is 0 Å². The van der Waals surface area contributed by atoms with Crippen LogP contribution in [0.4, 0.5) is 13.2 Å². The zero-order valence-electron chi connectivity index (χ0n) is 6.62. The molecule has 0 amide bonds. The van der Waals surface area contributed by atoms with Gasteiger partial charge < -0.3 is 5.11 Å². The maximum atomic E-state index is 12.5. The second-order valence-corrected chi connectivity index (χ2v) is 4.18. The lowest BCUT2D eigenvalue weighted by molar-refractivity contribution is -0.220. The Bertz CT molecular complexity index is 201. The third kappa shape index (κ3) is 0.903. The molecule has 12 heavy (non-hydrogen) atoms. The van der Waals surface area contributed by atoms with Crippen molar-refractivity contribution >= 4 is 0 Å². The topological polar surface area (TPSA) is 20.2 Å². The van der Waals surface area contributed by atoms with Crippen LogP contribution in [0.2, 0.25) is 0 Å². The summed E-state index contributed by atoms with van der Waals surface area (Å²) in [6.45, 7) is 0. The van der Waals surface area contributed by atoms with Gasteiger partial charge in [0.2, 0.25) is 0 Å². The number of alkyl halides is 3. The van der Waals surface area contributed by atoms with Gasteiger partial charge in [0.15, 0.2) is 0 Å². The van der Waals surface area contributed by atoms with Crippen molar-refractivity contribution in [2.75, 3.05) is 0 Å². The molecule has 0 saturated heterocycles. The van der Waals surface area contributed by atoms with Gasteiger partial charge in [0.25, 0.3) is 0 Å². The first-order chi connectivity index (χ1) is 5.37. The molecule has 70 valence electrons. The van der Waals surface area contributed by atoms with Crippen LogP contribution in [-0.4, -0.2) is 16.9 Å². The predicted molar refractivity (Wildman–Crippen MR) is 36.5 cm³/mol. The zero-order chi connectivity index (χ0) is 9.04. The van der Waals surface area contributed by atoms with Gasteiger partial charge in [0.05, 0.1) is 11.0 Å². The van der Waals surface area contributed by atoms with E-state index in [-0.39, 0.29) is 19.3 Å². The van der Waals surface area contributed by atoms with E-state index in [1.165, 1.54) is 0 Å². The Kier molecular flexibility index (Phi) is 1.37. The van der Waals surface area contributed by atoms with Gasteiger partial charge in [-0.3, -0.25) is 0 Å². The van der Waals surface area contributed by atoms with Crippen LogP contribution < -0.4 is 0 Å². The van der Waals surface area contributed by atoms with Crippen LogP contribution in [0.25, 0.3) is 0 Å². The lowest BCUT2D eigenvalue weighted by Crippen LogP contribution is -2.33. The minimum absolute atomic E-state index is 0.0660. The largest absolute Gasteiger partial charge is 0.394 e. The summed E-state index contributed by atoms with van der Waals surface area (Å²) < 4.78 is 37.5. The Balaban J connectivity index is 2.27. The lowest BCUT2D eigenvalue weighted by Gasteiger charge is -2.28. The van der Waals surface area contributed by atoms with Crippen LogP contribution in [0, 0.1) is 5.41 Å². The Morgan fingerprint density at radius 1 is 1.00 bits per heavy atom. The van der Waals surface area contributed by atoms with Crippen LogP contribution in [0.3, 0.4) is 0 Å². The first kappa shape index (κ1) is 8.35. The normalized spacial score (nSPS) is 47.0. The second-order valence-electron chi connectivity index (χ2n) is 4.18. The highest BCUT2D eigenvalue weighted by molar-refractivity contribution is 5.08. The molecule has 0 radical (unpaired) electrons. The third-order valence-corrected chi connectivity index (χ3v) is 3.41. The molecule has 4 heteroatoms. The van der Waals surface area contributed by atoms with Crippen molar-refractivity contribution in [3.8, 4) is 0 Å². The van der Waals surface area contributed by atoms with Crippen LogP contribution >= 0.6 is 0 Å². The molecule has 0 heterocycles. The van der Waals surface area contributed by atoms with E-state index >= 15 is 0 Å². The zero-order valence-corrected chi connectivity index (χ0v) is 6.62. The quantitative estimate of drug-likeness (QED) is 0.606. The van der Waals surface area contributed by atoms with Crippen molar-refractivity contribution in [2.45, 2.75) is 43.9 Å². The lowest BCUT2D eigenvalue weighted by atomic mass is 9.83. The van der Waals surface area contributed by atoms with E-state index in [2.05, 4.69) is 0 Å². The third-order valence-electron chi connectivity index (χ3n) is 3.41. The van der Waals surface area contributed by atoms with E-state index < -0.39 is 17.2 Å². The molecular formula is C8H11F3O. The van der Waals surface area contributed by atoms with Crippen molar-refractivity contribution in [1.29, 1.82) is 0 Å². The molecule has 2 bridgehead atoms. The van der Waals surface area contributed by atoms with E-state index in [0.29, 0.717) is 12.8 Å². The molecule has 2 saturated carbocycles. The molecule has 1 N–H and O–H groups in total. The molecule has 1 nitrogen and oxygen atoms in total. The van der Waals surface area contributed by atoms with E-state index in [1.54, 1.807) is 0 Å².